The van der Waals surface area contributed by atoms with E-state index in [1.165, 1.54) is 0 Å². The minimum Gasteiger partial charge on any atom is -0.481 e. The summed E-state index contributed by atoms with van der Waals surface area (Å²) >= 11 is 0.988. The minimum absolute atomic E-state index is 0.155. The van der Waals surface area contributed by atoms with Crippen molar-refractivity contribution in [3.05, 3.63) is 46.3 Å². The molecule has 1 aromatic heterocycles. The summed E-state index contributed by atoms with van der Waals surface area (Å²) in [5, 5.41) is 2.97. The van der Waals surface area contributed by atoms with Gasteiger partial charge >= 0.3 is 11.9 Å². The van der Waals surface area contributed by atoms with Gasteiger partial charge in [-0.05, 0) is 44.9 Å². The average Bonchev–Trinajstić information content (AvgIpc) is 3.03. The Kier molecular flexibility index (Phi) is 8.21. The highest BCUT2D eigenvalue weighted by molar-refractivity contribution is 7.18. The van der Waals surface area contributed by atoms with Crippen molar-refractivity contribution < 1.29 is 28.6 Å². The number of hydrogen-bond donors (Lipinski definition) is 1. The highest BCUT2D eigenvalue weighted by atomic mass is 32.1. The molecule has 0 aliphatic rings. The van der Waals surface area contributed by atoms with E-state index in [0.717, 1.165) is 11.3 Å². The molecule has 1 amide bonds. The Bertz CT molecular complexity index is 862. The second-order valence-corrected chi connectivity index (χ2v) is 7.04. The number of nitrogens with one attached hydrogen (secondary N) is 1. The van der Waals surface area contributed by atoms with Crippen molar-refractivity contribution in [2.75, 3.05) is 18.5 Å². The number of amides is 1. The van der Waals surface area contributed by atoms with Gasteiger partial charge in [0.15, 0.2) is 6.10 Å². The van der Waals surface area contributed by atoms with Gasteiger partial charge in [-0.1, -0.05) is 25.1 Å². The normalized spacial score (nSPS) is 11.4. The van der Waals surface area contributed by atoms with Crippen molar-refractivity contribution >= 4 is 34.2 Å². The molecule has 1 aromatic carbocycles. The number of rotatable bonds is 9. The van der Waals surface area contributed by atoms with E-state index in [2.05, 4.69) is 5.32 Å². The monoisotopic (exact) mass is 419 g/mol. The van der Waals surface area contributed by atoms with E-state index in [-0.39, 0.29) is 28.7 Å². The van der Waals surface area contributed by atoms with Crippen molar-refractivity contribution in [2.45, 2.75) is 40.2 Å². The number of thiophene rings is 1. The lowest BCUT2D eigenvalue weighted by atomic mass is 10.1. The standard InChI is InChI=1S/C21H25NO6S/c1-5-15(28-14-11-9-8-10-12-14)18(23)22-19-16(20(24)26-6-2)13(4)17(29-19)21(25)27-7-3/h8-12,15H,5-7H2,1-4H3,(H,22,23)/t15-/m1/s1. The molecule has 0 radical (unpaired) electrons. The highest BCUT2D eigenvalue weighted by Gasteiger charge is 2.29. The number of ether oxygens (including phenoxy) is 3. The molecule has 1 atom stereocenters. The van der Waals surface area contributed by atoms with Crippen LogP contribution in [0.4, 0.5) is 5.00 Å². The number of anilines is 1. The predicted molar refractivity (Wildman–Crippen MR) is 111 cm³/mol. The molecule has 0 fully saturated rings. The Morgan fingerprint density at radius 2 is 1.62 bits per heavy atom. The van der Waals surface area contributed by atoms with Gasteiger partial charge in [-0.3, -0.25) is 4.79 Å². The molecule has 156 valence electrons. The van der Waals surface area contributed by atoms with Gasteiger partial charge in [-0.2, -0.15) is 0 Å². The summed E-state index contributed by atoms with van der Waals surface area (Å²) in [6, 6.07) is 8.99. The lowest BCUT2D eigenvalue weighted by molar-refractivity contribution is -0.122. The van der Waals surface area contributed by atoms with E-state index in [0.29, 0.717) is 17.7 Å². The maximum atomic E-state index is 12.8. The first-order valence-electron chi connectivity index (χ1n) is 9.42. The summed E-state index contributed by atoms with van der Waals surface area (Å²) in [5.74, 6) is -1.01. The number of para-hydroxylation sites is 1. The van der Waals surface area contributed by atoms with E-state index in [9.17, 15) is 14.4 Å². The van der Waals surface area contributed by atoms with Crippen molar-refractivity contribution in [1.29, 1.82) is 0 Å². The molecule has 0 spiro atoms. The second kappa shape index (κ2) is 10.6. The maximum absolute atomic E-state index is 12.8. The smallest absolute Gasteiger partial charge is 0.348 e. The molecule has 0 aliphatic carbocycles. The third-order valence-corrected chi connectivity index (χ3v) is 5.20. The quantitative estimate of drug-likeness (QED) is 0.613. The molecular weight excluding hydrogens is 394 g/mol. The fourth-order valence-electron chi connectivity index (χ4n) is 2.62. The fourth-order valence-corrected chi connectivity index (χ4v) is 3.71. The third kappa shape index (κ3) is 5.57. The van der Waals surface area contributed by atoms with Gasteiger partial charge in [-0.25, -0.2) is 9.59 Å². The van der Waals surface area contributed by atoms with Crippen LogP contribution in [0.25, 0.3) is 0 Å². The van der Waals surface area contributed by atoms with E-state index in [4.69, 9.17) is 14.2 Å². The predicted octanol–water partition coefficient (Wildman–Crippen LogP) is 4.21. The summed E-state index contributed by atoms with van der Waals surface area (Å²) in [6.45, 7) is 7.21. The SMILES string of the molecule is CCOC(=O)c1sc(NC(=O)[C@@H](CC)Oc2ccccc2)c(C(=O)OCC)c1C. The lowest BCUT2D eigenvalue weighted by Crippen LogP contribution is -2.32. The van der Waals surface area contributed by atoms with Crippen LogP contribution in [-0.2, 0) is 14.3 Å². The summed E-state index contributed by atoms with van der Waals surface area (Å²) < 4.78 is 15.9. The van der Waals surface area contributed by atoms with Crippen LogP contribution in [0.5, 0.6) is 5.75 Å². The summed E-state index contributed by atoms with van der Waals surface area (Å²) in [5.41, 5.74) is 0.571. The molecule has 29 heavy (non-hydrogen) atoms. The molecule has 7 nitrogen and oxygen atoms in total. The number of hydrogen-bond acceptors (Lipinski definition) is 7. The highest BCUT2D eigenvalue weighted by Crippen LogP contribution is 2.34. The Hall–Kier alpha value is -2.87. The number of esters is 2. The molecule has 0 saturated carbocycles. The molecular formula is C21H25NO6S. The zero-order valence-corrected chi connectivity index (χ0v) is 17.8. The van der Waals surface area contributed by atoms with Crippen LogP contribution < -0.4 is 10.1 Å². The second-order valence-electron chi connectivity index (χ2n) is 6.02. The van der Waals surface area contributed by atoms with Crippen LogP contribution in [0.15, 0.2) is 30.3 Å². The fraction of sp³-hybridized carbons (Fsp3) is 0.381. The molecule has 0 bridgehead atoms. The molecule has 2 aromatic rings. The number of carbonyl (C=O) groups excluding carboxylic acids is 3. The van der Waals surface area contributed by atoms with Crippen LogP contribution >= 0.6 is 11.3 Å². The van der Waals surface area contributed by atoms with Crippen molar-refractivity contribution in [3.8, 4) is 5.75 Å². The van der Waals surface area contributed by atoms with Gasteiger partial charge < -0.3 is 19.5 Å². The summed E-state index contributed by atoms with van der Waals surface area (Å²) in [7, 11) is 0. The lowest BCUT2D eigenvalue weighted by Gasteiger charge is -2.17. The van der Waals surface area contributed by atoms with Crippen LogP contribution in [0, 0.1) is 6.92 Å². The van der Waals surface area contributed by atoms with Crippen LogP contribution in [0.2, 0.25) is 0 Å². The molecule has 2 rings (SSSR count). The van der Waals surface area contributed by atoms with Gasteiger partial charge in [-0.15, -0.1) is 11.3 Å². The molecule has 0 saturated heterocycles. The first-order valence-corrected chi connectivity index (χ1v) is 10.2. The first-order chi connectivity index (χ1) is 13.9. The summed E-state index contributed by atoms with van der Waals surface area (Å²) in [6.07, 6.45) is -0.342. The van der Waals surface area contributed by atoms with Crippen LogP contribution in [0.3, 0.4) is 0 Å². The van der Waals surface area contributed by atoms with Crippen LogP contribution in [0.1, 0.15) is 52.8 Å². The van der Waals surface area contributed by atoms with Crippen molar-refractivity contribution in [3.63, 3.8) is 0 Å². The van der Waals surface area contributed by atoms with Gasteiger partial charge in [0.1, 0.15) is 15.6 Å². The molecule has 1 heterocycles. The van der Waals surface area contributed by atoms with E-state index in [1.807, 2.05) is 25.1 Å². The maximum Gasteiger partial charge on any atom is 0.348 e. The molecule has 0 unspecified atom stereocenters. The summed E-state index contributed by atoms with van der Waals surface area (Å²) in [4.78, 5) is 37.7. The number of benzene rings is 1. The van der Waals surface area contributed by atoms with Gasteiger partial charge in [0.2, 0.25) is 0 Å². The molecule has 8 heteroatoms. The Morgan fingerprint density at radius 1 is 1.00 bits per heavy atom. The Morgan fingerprint density at radius 3 is 2.21 bits per heavy atom. The van der Waals surface area contributed by atoms with Crippen molar-refractivity contribution in [1.82, 2.24) is 0 Å². The van der Waals surface area contributed by atoms with E-state index < -0.39 is 23.9 Å². The van der Waals surface area contributed by atoms with E-state index >= 15 is 0 Å². The minimum atomic E-state index is -0.763. The Labute approximate surface area is 174 Å². The number of carbonyl (C=O) groups is 3. The van der Waals surface area contributed by atoms with Crippen molar-refractivity contribution in [2.24, 2.45) is 0 Å². The zero-order valence-electron chi connectivity index (χ0n) is 16.9. The Balaban J connectivity index is 2.31. The van der Waals surface area contributed by atoms with Gasteiger partial charge in [0, 0.05) is 0 Å². The van der Waals surface area contributed by atoms with Crippen LogP contribution in [-0.4, -0.2) is 37.2 Å². The van der Waals surface area contributed by atoms with Gasteiger partial charge in [0.05, 0.1) is 18.8 Å². The van der Waals surface area contributed by atoms with E-state index in [1.54, 1.807) is 32.9 Å². The molecule has 0 aliphatic heterocycles. The van der Waals surface area contributed by atoms with Gasteiger partial charge in [0.25, 0.3) is 5.91 Å². The molecule has 1 N–H and O–H groups in total. The first kappa shape index (κ1) is 22.4. The topological polar surface area (TPSA) is 90.9 Å². The average molecular weight is 419 g/mol. The zero-order chi connectivity index (χ0) is 21.4. The largest absolute Gasteiger partial charge is 0.481 e. The third-order valence-electron chi connectivity index (χ3n) is 4.01.